The summed E-state index contributed by atoms with van der Waals surface area (Å²) in [4.78, 5) is 2.22. The van der Waals surface area contributed by atoms with E-state index in [-0.39, 0.29) is 6.98 Å². The lowest BCUT2D eigenvalue weighted by Gasteiger charge is -2.23. The lowest BCUT2D eigenvalue weighted by Crippen LogP contribution is -2.42. The Bertz CT molecular complexity index is 446. The Hall–Kier alpha value is -1.33. The molecule has 3 rings (SSSR count). The number of nitrogens with zero attached hydrogens (tertiary/aromatic N) is 2. The third-order valence-corrected chi connectivity index (χ3v) is 3.32. The average Bonchev–Trinajstić information content (AvgIpc) is 2.63. The van der Waals surface area contributed by atoms with Crippen molar-refractivity contribution in [1.29, 1.82) is 0 Å². The van der Waals surface area contributed by atoms with Crippen molar-refractivity contribution in [2.45, 2.75) is 0 Å². The standard InChI is InChI=1S/C10H10BN3S/c12-15-14-10-6-2-1-5-9(10)13-8-4-3-7-11(13)14/h1-8H,12H2. The van der Waals surface area contributed by atoms with E-state index >= 15 is 0 Å². The van der Waals surface area contributed by atoms with Gasteiger partial charge in [0.05, 0.1) is 11.4 Å². The zero-order valence-electron chi connectivity index (χ0n) is 8.08. The smallest absolute Gasteiger partial charge is 0.366 e. The van der Waals surface area contributed by atoms with Gasteiger partial charge in [-0.3, -0.25) is 5.14 Å². The largest absolute Gasteiger partial charge is 0.419 e. The first-order valence-corrected chi connectivity index (χ1v) is 5.64. The fourth-order valence-electron chi connectivity index (χ4n) is 2.03. The number of para-hydroxylation sites is 2. The second-order valence-corrected chi connectivity index (χ2v) is 4.07. The molecule has 0 fully saturated rings. The molecular formula is C10H10BN3S. The van der Waals surface area contributed by atoms with Crippen LogP contribution < -0.4 is 14.2 Å². The number of hydrogen-bond acceptors (Lipinski definition) is 4. The lowest BCUT2D eigenvalue weighted by atomic mass is 9.74. The maximum Gasteiger partial charge on any atom is 0.419 e. The van der Waals surface area contributed by atoms with Crippen LogP contribution in [0.3, 0.4) is 0 Å². The number of fused-ring (bicyclic) bond motifs is 3. The van der Waals surface area contributed by atoms with Gasteiger partial charge in [0.25, 0.3) is 0 Å². The van der Waals surface area contributed by atoms with Crippen LogP contribution >= 0.6 is 12.1 Å². The van der Waals surface area contributed by atoms with Gasteiger partial charge in [-0.05, 0) is 24.4 Å². The van der Waals surface area contributed by atoms with Crippen molar-refractivity contribution in [3.8, 4) is 0 Å². The molecule has 3 nitrogen and oxygen atoms in total. The highest BCUT2D eigenvalue weighted by atomic mass is 32.2. The van der Waals surface area contributed by atoms with Crippen molar-refractivity contribution >= 4 is 30.5 Å². The van der Waals surface area contributed by atoms with Crippen LogP contribution in [0.2, 0.25) is 0 Å². The number of nitrogens with two attached hydrogens (primary N) is 1. The van der Waals surface area contributed by atoms with Gasteiger partial charge in [0.15, 0.2) is 0 Å². The SMILES string of the molecule is NSN1B2C=CC=CN2c2ccccc21. The summed E-state index contributed by atoms with van der Waals surface area (Å²) < 4.78 is 2.11. The Labute approximate surface area is 93.6 Å². The molecule has 74 valence electrons. The first kappa shape index (κ1) is 8.94. The summed E-state index contributed by atoms with van der Waals surface area (Å²) in [5.41, 5.74) is 2.38. The molecule has 2 aliphatic heterocycles. The van der Waals surface area contributed by atoms with Gasteiger partial charge in [-0.25, -0.2) is 0 Å². The summed E-state index contributed by atoms with van der Waals surface area (Å²) in [6.07, 6.45) is 6.17. The molecule has 15 heavy (non-hydrogen) atoms. The topological polar surface area (TPSA) is 32.5 Å². The Morgan fingerprint density at radius 2 is 1.93 bits per heavy atom. The van der Waals surface area contributed by atoms with E-state index in [9.17, 15) is 0 Å². The molecule has 0 atom stereocenters. The fraction of sp³-hybridized carbons (Fsp3) is 0. The van der Waals surface area contributed by atoms with Crippen LogP contribution in [0.25, 0.3) is 0 Å². The maximum absolute atomic E-state index is 5.71. The number of allylic oxidation sites excluding steroid dienone is 2. The van der Waals surface area contributed by atoms with Gasteiger partial charge >= 0.3 is 6.98 Å². The normalized spacial score (nSPS) is 17.0. The monoisotopic (exact) mass is 215 g/mol. The van der Waals surface area contributed by atoms with Crippen LogP contribution in [-0.4, -0.2) is 6.98 Å². The molecule has 0 unspecified atom stereocenters. The summed E-state index contributed by atoms with van der Waals surface area (Å²) in [5, 5.41) is 5.71. The van der Waals surface area contributed by atoms with E-state index in [0.717, 1.165) is 0 Å². The molecule has 0 spiro atoms. The molecule has 0 saturated carbocycles. The molecular weight excluding hydrogens is 205 g/mol. The quantitative estimate of drug-likeness (QED) is 0.573. The van der Waals surface area contributed by atoms with Crippen LogP contribution in [0.4, 0.5) is 11.4 Å². The number of anilines is 2. The first-order valence-electron chi connectivity index (χ1n) is 4.80. The van der Waals surface area contributed by atoms with Crippen LogP contribution in [0.1, 0.15) is 0 Å². The van der Waals surface area contributed by atoms with E-state index < -0.39 is 0 Å². The van der Waals surface area contributed by atoms with Gasteiger partial charge in [0.2, 0.25) is 0 Å². The van der Waals surface area contributed by atoms with Crippen LogP contribution in [0.15, 0.2) is 48.6 Å². The van der Waals surface area contributed by atoms with Gasteiger partial charge in [-0.2, -0.15) is 0 Å². The van der Waals surface area contributed by atoms with Gasteiger partial charge in [-0.15, -0.1) is 0 Å². The van der Waals surface area contributed by atoms with Gasteiger partial charge in [0.1, 0.15) is 0 Å². The van der Waals surface area contributed by atoms with E-state index in [2.05, 4.69) is 39.4 Å². The van der Waals surface area contributed by atoms with Crippen molar-refractivity contribution in [2.75, 3.05) is 9.03 Å². The van der Waals surface area contributed by atoms with Crippen LogP contribution in [0.5, 0.6) is 0 Å². The molecule has 0 amide bonds. The van der Waals surface area contributed by atoms with Crippen molar-refractivity contribution in [1.82, 2.24) is 0 Å². The van der Waals surface area contributed by atoms with Crippen molar-refractivity contribution in [3.63, 3.8) is 0 Å². The Balaban J connectivity index is 2.14. The summed E-state index contributed by atoms with van der Waals surface area (Å²) in [6, 6.07) is 8.29. The third kappa shape index (κ3) is 1.20. The third-order valence-electron chi connectivity index (χ3n) is 2.68. The summed E-state index contributed by atoms with van der Waals surface area (Å²) in [7, 11) is 0. The minimum absolute atomic E-state index is 0.211. The molecule has 5 heteroatoms. The predicted octanol–water partition coefficient (Wildman–Crippen LogP) is 1.95. The molecule has 0 bridgehead atoms. The maximum atomic E-state index is 5.71. The fourth-order valence-corrected chi connectivity index (χ4v) is 2.60. The van der Waals surface area contributed by atoms with Gasteiger partial charge < -0.3 is 9.03 Å². The van der Waals surface area contributed by atoms with Crippen molar-refractivity contribution in [2.24, 2.45) is 5.14 Å². The Morgan fingerprint density at radius 3 is 2.73 bits per heavy atom. The van der Waals surface area contributed by atoms with Crippen LogP contribution in [0, 0.1) is 0 Å². The van der Waals surface area contributed by atoms with E-state index in [1.807, 2.05) is 18.2 Å². The molecule has 0 aromatic heterocycles. The first-order chi connectivity index (χ1) is 7.42. The minimum Gasteiger partial charge on any atom is -0.366 e. The lowest BCUT2D eigenvalue weighted by molar-refractivity contribution is 1.42. The highest BCUT2D eigenvalue weighted by Gasteiger charge is 2.38. The van der Waals surface area contributed by atoms with Crippen LogP contribution in [-0.2, 0) is 0 Å². The Morgan fingerprint density at radius 1 is 1.13 bits per heavy atom. The molecule has 2 aliphatic rings. The number of hydrogen-bond donors (Lipinski definition) is 1. The second kappa shape index (κ2) is 3.36. The van der Waals surface area contributed by atoms with Gasteiger partial charge in [0, 0.05) is 12.1 Å². The molecule has 1 aromatic carbocycles. The van der Waals surface area contributed by atoms with E-state index in [1.165, 1.54) is 23.5 Å². The van der Waals surface area contributed by atoms with Gasteiger partial charge in [-0.1, -0.05) is 24.2 Å². The average molecular weight is 215 g/mol. The zero-order chi connectivity index (χ0) is 10.3. The molecule has 2 N–H and O–H groups in total. The number of benzene rings is 1. The zero-order valence-corrected chi connectivity index (χ0v) is 8.89. The van der Waals surface area contributed by atoms with E-state index in [0.29, 0.717) is 0 Å². The minimum atomic E-state index is 0.211. The summed E-state index contributed by atoms with van der Waals surface area (Å²) in [6.45, 7) is 0.211. The molecule has 0 aliphatic carbocycles. The molecule has 2 heterocycles. The highest BCUT2D eigenvalue weighted by molar-refractivity contribution is 8.00. The highest BCUT2D eigenvalue weighted by Crippen LogP contribution is 2.41. The second-order valence-electron chi connectivity index (χ2n) is 3.47. The molecule has 0 radical (unpaired) electrons. The summed E-state index contributed by atoms with van der Waals surface area (Å²) >= 11 is 1.27. The van der Waals surface area contributed by atoms with Crippen molar-refractivity contribution < 1.29 is 0 Å². The molecule has 0 saturated heterocycles. The summed E-state index contributed by atoms with van der Waals surface area (Å²) in [5.74, 6) is 2.14. The predicted molar refractivity (Wildman–Crippen MR) is 67.2 cm³/mol. The molecule has 1 aromatic rings. The number of rotatable bonds is 1. The van der Waals surface area contributed by atoms with E-state index in [4.69, 9.17) is 5.14 Å². The van der Waals surface area contributed by atoms with Crippen molar-refractivity contribution in [3.05, 3.63) is 48.6 Å². The van der Waals surface area contributed by atoms with E-state index in [1.54, 1.807) is 0 Å². The Kier molecular flexibility index (Phi) is 2.00.